The first-order chi connectivity index (χ1) is 7.34. The van der Waals surface area contributed by atoms with Crippen LogP contribution in [-0.2, 0) is 6.61 Å². The van der Waals surface area contributed by atoms with Crippen molar-refractivity contribution in [2.24, 2.45) is 0 Å². The van der Waals surface area contributed by atoms with Gasteiger partial charge in [-0.3, -0.25) is 0 Å². The van der Waals surface area contributed by atoms with Gasteiger partial charge in [-0.05, 0) is 12.5 Å². The summed E-state index contributed by atoms with van der Waals surface area (Å²) < 4.78 is 5.51. The minimum Gasteiger partial charge on any atom is -0.486 e. The molecule has 0 N–H and O–H groups in total. The van der Waals surface area contributed by atoms with E-state index in [1.807, 2.05) is 0 Å². The fourth-order valence-corrected chi connectivity index (χ4v) is 1.21. The van der Waals surface area contributed by atoms with Crippen LogP contribution in [0.1, 0.15) is 11.1 Å². The molecule has 15 heavy (non-hydrogen) atoms. The molecular formula is C12H12N2O. The second-order valence-electron chi connectivity index (χ2n) is 3.35. The zero-order valence-corrected chi connectivity index (χ0v) is 8.55. The van der Waals surface area contributed by atoms with Crippen LogP contribution in [0.3, 0.4) is 0 Å². The third-order valence-electron chi connectivity index (χ3n) is 2.06. The molecule has 1 aromatic carbocycles. The highest BCUT2D eigenvalue weighted by Crippen LogP contribution is 2.09. The molecule has 1 aromatic heterocycles. The molecule has 0 spiro atoms. The summed E-state index contributed by atoms with van der Waals surface area (Å²) in [7, 11) is 0. The van der Waals surface area contributed by atoms with Crippen molar-refractivity contribution in [1.82, 2.24) is 9.97 Å². The Balaban J connectivity index is 1.96. The Morgan fingerprint density at radius 1 is 1.07 bits per heavy atom. The maximum atomic E-state index is 5.51. The zero-order valence-electron chi connectivity index (χ0n) is 8.55. The fourth-order valence-electron chi connectivity index (χ4n) is 1.21. The molecule has 3 heteroatoms. The molecule has 0 aliphatic rings. The molecule has 0 atom stereocenters. The van der Waals surface area contributed by atoms with Crippen LogP contribution in [0.25, 0.3) is 0 Å². The van der Waals surface area contributed by atoms with Crippen molar-refractivity contribution in [3.63, 3.8) is 0 Å². The molecule has 2 rings (SSSR count). The Morgan fingerprint density at radius 2 is 1.73 bits per heavy atom. The molecule has 0 amide bonds. The number of aromatic nitrogens is 2. The topological polar surface area (TPSA) is 35.0 Å². The van der Waals surface area contributed by atoms with E-state index in [0.717, 1.165) is 5.56 Å². The van der Waals surface area contributed by atoms with Gasteiger partial charge in [0.15, 0.2) is 5.75 Å². The van der Waals surface area contributed by atoms with E-state index in [-0.39, 0.29) is 0 Å². The number of rotatable bonds is 3. The Morgan fingerprint density at radius 3 is 2.40 bits per heavy atom. The van der Waals surface area contributed by atoms with Crippen molar-refractivity contribution in [2.75, 3.05) is 0 Å². The quantitative estimate of drug-likeness (QED) is 0.762. The average molecular weight is 200 g/mol. The lowest BCUT2D eigenvalue weighted by molar-refractivity contribution is 0.303. The predicted molar refractivity (Wildman–Crippen MR) is 57.5 cm³/mol. The third kappa shape index (κ3) is 2.77. The summed E-state index contributed by atoms with van der Waals surface area (Å²) in [6.07, 6.45) is 4.79. The van der Waals surface area contributed by atoms with Crippen molar-refractivity contribution < 1.29 is 4.74 Å². The van der Waals surface area contributed by atoms with E-state index in [1.54, 1.807) is 12.4 Å². The predicted octanol–water partition coefficient (Wildman–Crippen LogP) is 2.36. The van der Waals surface area contributed by atoms with Crippen molar-refractivity contribution in [3.05, 3.63) is 54.1 Å². The van der Waals surface area contributed by atoms with Gasteiger partial charge in [0, 0.05) is 0 Å². The van der Waals surface area contributed by atoms with Crippen LogP contribution < -0.4 is 4.74 Å². The van der Waals surface area contributed by atoms with Crippen LogP contribution in [0.15, 0.2) is 43.0 Å². The first-order valence-electron chi connectivity index (χ1n) is 4.78. The molecule has 0 saturated carbocycles. The number of nitrogens with zero attached hydrogens (tertiary/aromatic N) is 2. The van der Waals surface area contributed by atoms with Gasteiger partial charge in [0.1, 0.15) is 12.9 Å². The Bertz CT molecular complexity index is 411. The molecule has 3 nitrogen and oxygen atoms in total. The molecule has 0 fully saturated rings. The maximum absolute atomic E-state index is 5.51. The van der Waals surface area contributed by atoms with E-state index in [0.29, 0.717) is 12.4 Å². The summed E-state index contributed by atoms with van der Waals surface area (Å²) in [5.74, 6) is 0.693. The fraction of sp³-hybridized carbons (Fsp3) is 0.167. The van der Waals surface area contributed by atoms with Crippen molar-refractivity contribution >= 4 is 0 Å². The SMILES string of the molecule is Cc1ccc(COc2cncnc2)cc1. The van der Waals surface area contributed by atoms with E-state index in [1.165, 1.54) is 11.9 Å². The number of hydrogen-bond donors (Lipinski definition) is 0. The molecule has 0 aliphatic carbocycles. The van der Waals surface area contributed by atoms with Crippen molar-refractivity contribution in [2.45, 2.75) is 13.5 Å². The van der Waals surface area contributed by atoms with E-state index < -0.39 is 0 Å². The van der Waals surface area contributed by atoms with Crippen LogP contribution in [-0.4, -0.2) is 9.97 Å². The second kappa shape index (κ2) is 4.55. The molecule has 0 aliphatic heterocycles. The monoisotopic (exact) mass is 200 g/mol. The molecule has 1 heterocycles. The van der Waals surface area contributed by atoms with Gasteiger partial charge in [-0.15, -0.1) is 0 Å². The lowest BCUT2D eigenvalue weighted by atomic mass is 10.2. The Hall–Kier alpha value is -1.90. The number of benzene rings is 1. The molecule has 0 unspecified atom stereocenters. The van der Waals surface area contributed by atoms with E-state index >= 15 is 0 Å². The summed E-state index contributed by atoms with van der Waals surface area (Å²) >= 11 is 0. The first kappa shape index (κ1) is 9.65. The molecule has 0 radical (unpaired) electrons. The number of hydrogen-bond acceptors (Lipinski definition) is 3. The molecular weight excluding hydrogens is 188 g/mol. The van der Waals surface area contributed by atoms with Gasteiger partial charge in [-0.25, -0.2) is 9.97 Å². The second-order valence-corrected chi connectivity index (χ2v) is 3.35. The van der Waals surface area contributed by atoms with Gasteiger partial charge in [-0.2, -0.15) is 0 Å². The van der Waals surface area contributed by atoms with Gasteiger partial charge >= 0.3 is 0 Å². The molecule has 2 aromatic rings. The summed E-state index contributed by atoms with van der Waals surface area (Å²) in [4.78, 5) is 7.75. The summed E-state index contributed by atoms with van der Waals surface area (Å²) in [6.45, 7) is 2.61. The van der Waals surface area contributed by atoms with Crippen molar-refractivity contribution in [1.29, 1.82) is 0 Å². The van der Waals surface area contributed by atoms with Crippen LogP contribution in [0.4, 0.5) is 0 Å². The third-order valence-corrected chi connectivity index (χ3v) is 2.06. The normalized spacial score (nSPS) is 9.93. The lowest BCUT2D eigenvalue weighted by Gasteiger charge is -2.04. The van der Waals surface area contributed by atoms with E-state index in [9.17, 15) is 0 Å². The molecule has 76 valence electrons. The van der Waals surface area contributed by atoms with E-state index in [4.69, 9.17) is 4.74 Å². The summed E-state index contributed by atoms with van der Waals surface area (Å²) in [6, 6.07) is 8.25. The van der Waals surface area contributed by atoms with E-state index in [2.05, 4.69) is 41.2 Å². The summed E-state index contributed by atoms with van der Waals surface area (Å²) in [5.41, 5.74) is 2.39. The number of ether oxygens (including phenoxy) is 1. The zero-order chi connectivity index (χ0) is 10.5. The Labute approximate surface area is 88.8 Å². The van der Waals surface area contributed by atoms with Gasteiger partial charge < -0.3 is 4.74 Å². The van der Waals surface area contributed by atoms with Gasteiger partial charge in [0.05, 0.1) is 12.4 Å². The highest BCUT2D eigenvalue weighted by molar-refractivity contribution is 5.21. The highest BCUT2D eigenvalue weighted by Gasteiger charge is 1.95. The molecule has 0 bridgehead atoms. The summed E-state index contributed by atoms with van der Waals surface area (Å²) in [5, 5.41) is 0. The number of aryl methyl sites for hydroxylation is 1. The standard InChI is InChI=1S/C12H12N2O/c1-10-2-4-11(5-3-10)8-15-12-6-13-9-14-7-12/h2-7,9H,8H2,1H3. The van der Waals surface area contributed by atoms with Crippen molar-refractivity contribution in [3.8, 4) is 5.75 Å². The van der Waals surface area contributed by atoms with Crippen LogP contribution in [0.2, 0.25) is 0 Å². The highest BCUT2D eigenvalue weighted by atomic mass is 16.5. The van der Waals surface area contributed by atoms with Crippen LogP contribution in [0.5, 0.6) is 5.75 Å². The Kier molecular flexibility index (Phi) is 2.93. The van der Waals surface area contributed by atoms with Crippen LogP contribution >= 0.6 is 0 Å². The largest absolute Gasteiger partial charge is 0.486 e. The average Bonchev–Trinajstić information content (AvgIpc) is 2.30. The van der Waals surface area contributed by atoms with Crippen LogP contribution in [0, 0.1) is 6.92 Å². The lowest BCUT2D eigenvalue weighted by Crippen LogP contribution is -1.95. The minimum absolute atomic E-state index is 0.549. The molecule has 0 saturated heterocycles. The maximum Gasteiger partial charge on any atom is 0.156 e. The van der Waals surface area contributed by atoms with Gasteiger partial charge in [-0.1, -0.05) is 29.8 Å². The minimum atomic E-state index is 0.549. The smallest absolute Gasteiger partial charge is 0.156 e. The van der Waals surface area contributed by atoms with Gasteiger partial charge in [0.2, 0.25) is 0 Å². The van der Waals surface area contributed by atoms with Gasteiger partial charge in [0.25, 0.3) is 0 Å². The first-order valence-corrected chi connectivity index (χ1v) is 4.78.